The first-order chi connectivity index (χ1) is 10.8. The molecule has 2 heterocycles. The summed E-state index contributed by atoms with van der Waals surface area (Å²) in [7, 11) is 0. The second-order valence-corrected chi connectivity index (χ2v) is 5.41. The lowest BCUT2D eigenvalue weighted by Gasteiger charge is -2.42. The van der Waals surface area contributed by atoms with E-state index >= 15 is 0 Å². The molecule has 0 aromatic rings. The van der Waals surface area contributed by atoms with Crippen LogP contribution in [0.1, 0.15) is 0 Å². The van der Waals surface area contributed by atoms with Gasteiger partial charge in [-0.25, -0.2) is 0 Å². The summed E-state index contributed by atoms with van der Waals surface area (Å²) >= 11 is 0. The Labute approximate surface area is 130 Å². The normalized spacial score (nSPS) is 48.8. The second-order valence-electron chi connectivity index (χ2n) is 5.41. The van der Waals surface area contributed by atoms with Crippen molar-refractivity contribution >= 4 is 0 Å². The van der Waals surface area contributed by atoms with Crippen molar-refractivity contribution in [3.05, 3.63) is 6.10 Å². The lowest BCUT2D eigenvalue weighted by Crippen LogP contribution is -2.59. The van der Waals surface area contributed by atoms with Crippen LogP contribution in [0.3, 0.4) is 0 Å². The van der Waals surface area contributed by atoms with Crippen molar-refractivity contribution < 1.29 is 55.1 Å². The summed E-state index contributed by atoms with van der Waals surface area (Å²) in [6, 6.07) is 0. The Morgan fingerprint density at radius 1 is 0.957 bits per heavy atom. The van der Waals surface area contributed by atoms with Crippen molar-refractivity contribution in [3.8, 4) is 0 Å². The molecule has 2 aliphatic rings. The van der Waals surface area contributed by atoms with E-state index in [1.54, 1.807) is 0 Å². The third-order valence-corrected chi connectivity index (χ3v) is 3.94. The Kier molecular flexibility index (Phi) is 5.92. The van der Waals surface area contributed by atoms with Gasteiger partial charge in [0.05, 0.1) is 13.2 Å². The minimum Gasteiger partial charge on any atom is -0.394 e. The average molecular weight is 341 g/mol. The van der Waals surface area contributed by atoms with Gasteiger partial charge in [0, 0.05) is 0 Å². The molecule has 11 heteroatoms. The molecule has 0 aliphatic carbocycles. The van der Waals surface area contributed by atoms with Gasteiger partial charge < -0.3 is 55.1 Å². The van der Waals surface area contributed by atoms with Crippen molar-refractivity contribution in [1.29, 1.82) is 0 Å². The van der Waals surface area contributed by atoms with Crippen molar-refractivity contribution in [1.82, 2.24) is 0 Å². The average Bonchev–Trinajstić information content (AvgIpc) is 2.80. The fourth-order valence-electron chi connectivity index (χ4n) is 2.52. The summed E-state index contributed by atoms with van der Waals surface area (Å²) in [5.41, 5.74) is 0. The third kappa shape index (κ3) is 3.23. The summed E-state index contributed by atoms with van der Waals surface area (Å²) in [5, 5.41) is 76.5. The van der Waals surface area contributed by atoms with E-state index in [0.717, 1.165) is 0 Å². The molecule has 0 spiro atoms. The molecule has 2 fully saturated rings. The molecule has 2 saturated heterocycles. The van der Waals surface area contributed by atoms with E-state index in [2.05, 4.69) is 0 Å². The maximum atomic E-state index is 9.99. The smallest absolute Gasteiger partial charge is 0.224 e. The topological polar surface area (TPSA) is 190 Å². The summed E-state index contributed by atoms with van der Waals surface area (Å²) in [6.45, 7) is -2.36. The largest absolute Gasteiger partial charge is 0.394 e. The van der Waals surface area contributed by atoms with Crippen LogP contribution in [-0.2, 0) is 14.2 Å². The molecule has 0 bridgehead atoms. The van der Waals surface area contributed by atoms with Crippen LogP contribution in [0.4, 0.5) is 0 Å². The fourth-order valence-corrected chi connectivity index (χ4v) is 2.52. The molecular formula is C12H21O11. The molecule has 2 rings (SSSR count). The van der Waals surface area contributed by atoms with Gasteiger partial charge in [0.15, 0.2) is 12.4 Å². The van der Waals surface area contributed by atoms with Crippen LogP contribution in [0, 0.1) is 6.10 Å². The highest BCUT2D eigenvalue weighted by Gasteiger charge is 2.58. The first-order valence-corrected chi connectivity index (χ1v) is 6.93. The highest BCUT2D eigenvalue weighted by Crippen LogP contribution is 2.37. The summed E-state index contributed by atoms with van der Waals surface area (Å²) in [6.07, 6.45) is -12.0. The van der Waals surface area contributed by atoms with Crippen LogP contribution in [0.25, 0.3) is 0 Å². The number of hydrogen-bond donors (Lipinski definition) is 8. The van der Waals surface area contributed by atoms with Crippen molar-refractivity contribution in [2.24, 2.45) is 0 Å². The zero-order valence-electron chi connectivity index (χ0n) is 12.0. The van der Waals surface area contributed by atoms with Gasteiger partial charge in [-0.3, -0.25) is 0 Å². The van der Waals surface area contributed by atoms with Gasteiger partial charge in [0.2, 0.25) is 5.79 Å². The Morgan fingerprint density at radius 3 is 2.04 bits per heavy atom. The molecule has 0 unspecified atom stereocenters. The van der Waals surface area contributed by atoms with Gasteiger partial charge in [-0.15, -0.1) is 0 Å². The SMILES string of the molecule is OC[C@H]1O[C@@](CO)(O[C@H]2O[C@H](CO)[C@@H](O)[C@H](O)[C]2O)[C@@H](O)[C@@H]1O. The molecule has 8 N–H and O–H groups in total. The van der Waals surface area contributed by atoms with Gasteiger partial charge in [0.25, 0.3) is 0 Å². The zero-order chi connectivity index (χ0) is 17.4. The minimum atomic E-state index is -2.24. The van der Waals surface area contributed by atoms with Crippen LogP contribution in [0.5, 0.6) is 0 Å². The number of rotatable bonds is 5. The number of ether oxygens (including phenoxy) is 3. The number of aliphatic hydroxyl groups is 8. The van der Waals surface area contributed by atoms with E-state index in [4.69, 9.17) is 24.4 Å². The standard InChI is InChI=1S/C12H21O11/c13-1-4-6(16)8(18)9(19)11(21-4)23-12(3-15)10(20)7(17)5(2-14)22-12/h4-8,10-11,13-20H,1-3H2/t4-,5-,6-,7-,8+,10+,11-,12+/m1/s1. The maximum absolute atomic E-state index is 9.99. The van der Waals surface area contributed by atoms with Crippen LogP contribution >= 0.6 is 0 Å². The first-order valence-electron chi connectivity index (χ1n) is 6.93. The van der Waals surface area contributed by atoms with Crippen molar-refractivity contribution in [2.45, 2.75) is 48.7 Å². The van der Waals surface area contributed by atoms with E-state index in [-0.39, 0.29) is 0 Å². The highest BCUT2D eigenvalue weighted by molar-refractivity contribution is 5.03. The lowest BCUT2D eigenvalue weighted by atomic mass is 9.99. The molecule has 8 atom stereocenters. The number of aliphatic hydroxyl groups excluding tert-OH is 8. The quantitative estimate of drug-likeness (QED) is 0.239. The molecule has 1 radical (unpaired) electrons. The third-order valence-electron chi connectivity index (χ3n) is 3.94. The van der Waals surface area contributed by atoms with Crippen LogP contribution in [-0.4, -0.2) is 109 Å². The van der Waals surface area contributed by atoms with E-state index in [1.165, 1.54) is 0 Å². The van der Waals surface area contributed by atoms with Gasteiger partial charge in [-0.05, 0) is 0 Å². The molecule has 0 aromatic carbocycles. The van der Waals surface area contributed by atoms with Gasteiger partial charge in [-0.1, -0.05) is 0 Å². The van der Waals surface area contributed by atoms with Crippen LogP contribution in [0.2, 0.25) is 0 Å². The van der Waals surface area contributed by atoms with Gasteiger partial charge >= 0.3 is 0 Å². The van der Waals surface area contributed by atoms with Gasteiger partial charge in [0.1, 0.15) is 43.2 Å². The van der Waals surface area contributed by atoms with Crippen molar-refractivity contribution in [2.75, 3.05) is 19.8 Å². The maximum Gasteiger partial charge on any atom is 0.224 e. The summed E-state index contributed by atoms with van der Waals surface area (Å²) in [5.74, 6) is -2.24. The lowest BCUT2D eigenvalue weighted by molar-refractivity contribution is -0.365. The zero-order valence-corrected chi connectivity index (χ0v) is 12.0. The van der Waals surface area contributed by atoms with E-state index < -0.39 is 74.6 Å². The Morgan fingerprint density at radius 2 is 1.57 bits per heavy atom. The molecule has 2 aliphatic heterocycles. The predicted octanol–water partition coefficient (Wildman–Crippen LogP) is -4.85. The Bertz CT molecular complexity index is 393. The molecule has 0 amide bonds. The first kappa shape index (κ1) is 18.9. The van der Waals surface area contributed by atoms with E-state index in [0.29, 0.717) is 0 Å². The number of hydrogen-bond acceptors (Lipinski definition) is 11. The molecular weight excluding hydrogens is 320 g/mol. The fraction of sp³-hybridized carbons (Fsp3) is 0.917. The molecule has 0 aromatic heterocycles. The van der Waals surface area contributed by atoms with Crippen molar-refractivity contribution in [3.63, 3.8) is 0 Å². The van der Waals surface area contributed by atoms with Crippen LogP contribution < -0.4 is 0 Å². The summed E-state index contributed by atoms with van der Waals surface area (Å²) < 4.78 is 15.4. The second kappa shape index (κ2) is 7.21. The molecule has 135 valence electrons. The Balaban J connectivity index is 2.18. The van der Waals surface area contributed by atoms with E-state index in [9.17, 15) is 30.6 Å². The highest BCUT2D eigenvalue weighted by atomic mass is 16.8. The van der Waals surface area contributed by atoms with Crippen LogP contribution in [0.15, 0.2) is 0 Å². The van der Waals surface area contributed by atoms with E-state index in [1.807, 2.05) is 0 Å². The molecule has 23 heavy (non-hydrogen) atoms. The minimum absolute atomic E-state index is 0.675. The Hall–Kier alpha value is -0.440. The summed E-state index contributed by atoms with van der Waals surface area (Å²) in [4.78, 5) is 0. The molecule has 11 nitrogen and oxygen atoms in total. The van der Waals surface area contributed by atoms with Gasteiger partial charge in [-0.2, -0.15) is 0 Å². The monoisotopic (exact) mass is 341 g/mol. The molecule has 0 saturated carbocycles. The predicted molar refractivity (Wildman–Crippen MR) is 67.8 cm³/mol.